The molecular formula is C21H20N2O5S. The molecule has 0 bridgehead atoms. The van der Waals surface area contributed by atoms with Gasteiger partial charge in [0.15, 0.2) is 16.3 Å². The summed E-state index contributed by atoms with van der Waals surface area (Å²) in [5.41, 5.74) is 2.34. The molecule has 1 aliphatic heterocycles. The molecule has 7 nitrogen and oxygen atoms in total. The van der Waals surface area contributed by atoms with Crippen molar-refractivity contribution < 1.29 is 23.8 Å². The van der Waals surface area contributed by atoms with Gasteiger partial charge in [-0.05, 0) is 26.0 Å². The van der Waals surface area contributed by atoms with E-state index in [2.05, 4.69) is 4.99 Å². The lowest BCUT2D eigenvalue weighted by molar-refractivity contribution is -0.143. The lowest BCUT2D eigenvalue weighted by Crippen LogP contribution is -2.19. The summed E-state index contributed by atoms with van der Waals surface area (Å²) in [6.45, 7) is 4.55. The van der Waals surface area contributed by atoms with E-state index in [1.54, 1.807) is 19.1 Å². The SMILES string of the molecule is CCOC(=O)CCn1c(=NC(=O)c2cccc(C)c2)sc2cc3c(cc21)OCO3. The van der Waals surface area contributed by atoms with Crippen molar-refractivity contribution in [2.45, 2.75) is 26.8 Å². The maximum atomic E-state index is 12.7. The number of thiazole rings is 1. The summed E-state index contributed by atoms with van der Waals surface area (Å²) in [5, 5.41) is 0. The minimum Gasteiger partial charge on any atom is -0.466 e. The first-order chi connectivity index (χ1) is 14.0. The van der Waals surface area contributed by atoms with E-state index in [1.807, 2.05) is 35.8 Å². The van der Waals surface area contributed by atoms with Crippen LogP contribution in [0.15, 0.2) is 41.4 Å². The van der Waals surface area contributed by atoms with E-state index in [9.17, 15) is 9.59 Å². The Morgan fingerprint density at radius 1 is 1.21 bits per heavy atom. The van der Waals surface area contributed by atoms with Gasteiger partial charge in [0.2, 0.25) is 6.79 Å². The van der Waals surface area contributed by atoms with E-state index in [1.165, 1.54) is 11.3 Å². The van der Waals surface area contributed by atoms with E-state index < -0.39 is 0 Å². The molecule has 0 aliphatic carbocycles. The van der Waals surface area contributed by atoms with Gasteiger partial charge >= 0.3 is 5.97 Å². The summed E-state index contributed by atoms with van der Waals surface area (Å²) in [6.07, 6.45) is 0.180. The number of rotatable bonds is 5. The number of hydrogen-bond donors (Lipinski definition) is 0. The van der Waals surface area contributed by atoms with E-state index in [4.69, 9.17) is 14.2 Å². The Labute approximate surface area is 171 Å². The van der Waals surface area contributed by atoms with Crippen LogP contribution in [0.1, 0.15) is 29.3 Å². The summed E-state index contributed by atoms with van der Waals surface area (Å²) in [7, 11) is 0. The number of hydrogen-bond acceptors (Lipinski definition) is 6. The number of benzene rings is 2. The highest BCUT2D eigenvalue weighted by molar-refractivity contribution is 7.16. The number of aromatic nitrogens is 1. The van der Waals surface area contributed by atoms with E-state index in [-0.39, 0.29) is 25.1 Å². The van der Waals surface area contributed by atoms with Gasteiger partial charge in [-0.1, -0.05) is 29.0 Å². The molecule has 0 saturated heterocycles. The first-order valence-electron chi connectivity index (χ1n) is 9.29. The number of ether oxygens (including phenoxy) is 3. The molecule has 0 unspecified atom stereocenters. The molecular weight excluding hydrogens is 392 g/mol. The van der Waals surface area contributed by atoms with E-state index in [0.717, 1.165) is 15.8 Å². The Morgan fingerprint density at radius 2 is 2.00 bits per heavy atom. The Hall–Kier alpha value is -3.13. The van der Waals surface area contributed by atoms with Crippen molar-refractivity contribution in [3.63, 3.8) is 0 Å². The molecule has 1 aliphatic rings. The van der Waals surface area contributed by atoms with Crippen molar-refractivity contribution >= 4 is 33.4 Å². The second kappa shape index (κ2) is 8.08. The Morgan fingerprint density at radius 3 is 2.76 bits per heavy atom. The van der Waals surface area contributed by atoms with Crippen LogP contribution in [0.5, 0.6) is 11.5 Å². The number of carbonyl (C=O) groups is 2. The predicted molar refractivity (Wildman–Crippen MR) is 108 cm³/mol. The number of aryl methyl sites for hydroxylation is 2. The van der Waals surface area contributed by atoms with Crippen LogP contribution in [0.25, 0.3) is 10.2 Å². The minimum absolute atomic E-state index is 0.179. The number of fused-ring (bicyclic) bond motifs is 2. The van der Waals surface area contributed by atoms with Gasteiger partial charge in [-0.25, -0.2) is 0 Å². The normalized spacial score (nSPS) is 13.1. The molecule has 0 atom stereocenters. The molecule has 150 valence electrons. The lowest BCUT2D eigenvalue weighted by Gasteiger charge is -2.06. The molecule has 8 heteroatoms. The fourth-order valence-corrected chi connectivity index (χ4v) is 4.19. The van der Waals surface area contributed by atoms with Crippen molar-refractivity contribution in [3.8, 4) is 11.5 Å². The van der Waals surface area contributed by atoms with Gasteiger partial charge in [0.05, 0.1) is 23.2 Å². The summed E-state index contributed by atoms with van der Waals surface area (Å²) >= 11 is 1.37. The topological polar surface area (TPSA) is 79.1 Å². The largest absolute Gasteiger partial charge is 0.466 e. The highest BCUT2D eigenvalue weighted by atomic mass is 32.1. The van der Waals surface area contributed by atoms with Crippen LogP contribution in [0.3, 0.4) is 0 Å². The molecule has 29 heavy (non-hydrogen) atoms. The Balaban J connectivity index is 1.78. The first-order valence-corrected chi connectivity index (χ1v) is 10.1. The summed E-state index contributed by atoms with van der Waals surface area (Å²) in [4.78, 5) is 29.5. The zero-order valence-corrected chi connectivity index (χ0v) is 17.0. The number of esters is 1. The average Bonchev–Trinajstić information content (AvgIpc) is 3.28. The molecule has 0 N–H and O–H groups in total. The van der Waals surface area contributed by atoms with E-state index >= 15 is 0 Å². The van der Waals surface area contributed by atoms with Crippen LogP contribution in [-0.2, 0) is 16.1 Å². The molecule has 0 saturated carbocycles. The first kappa shape index (κ1) is 19.2. The molecule has 1 amide bonds. The lowest BCUT2D eigenvalue weighted by atomic mass is 10.1. The molecule has 3 aromatic rings. The van der Waals surface area contributed by atoms with Crippen molar-refractivity contribution in [2.24, 2.45) is 4.99 Å². The van der Waals surface area contributed by atoms with Gasteiger partial charge in [0, 0.05) is 24.2 Å². The van der Waals surface area contributed by atoms with Gasteiger partial charge in [-0.15, -0.1) is 0 Å². The minimum atomic E-state index is -0.329. The standard InChI is InChI=1S/C21H20N2O5S/c1-3-26-19(24)7-8-23-15-10-16-17(28-12-27-16)11-18(15)29-21(23)22-20(25)14-6-4-5-13(2)9-14/h4-6,9-11H,3,7-8,12H2,1-2H3. The van der Waals surface area contributed by atoms with Gasteiger partial charge in [0.25, 0.3) is 5.91 Å². The third-order valence-electron chi connectivity index (χ3n) is 4.48. The van der Waals surface area contributed by atoms with Crippen LogP contribution >= 0.6 is 11.3 Å². The third-order valence-corrected chi connectivity index (χ3v) is 5.53. The number of nitrogens with zero attached hydrogens (tertiary/aromatic N) is 2. The smallest absolute Gasteiger partial charge is 0.307 e. The molecule has 0 fully saturated rings. The fraction of sp³-hybridized carbons (Fsp3) is 0.286. The fourth-order valence-electron chi connectivity index (χ4n) is 3.13. The zero-order valence-electron chi connectivity index (χ0n) is 16.1. The second-order valence-corrected chi connectivity index (χ2v) is 7.56. The molecule has 1 aromatic heterocycles. The van der Waals surface area contributed by atoms with Gasteiger partial charge < -0.3 is 18.8 Å². The van der Waals surface area contributed by atoms with Gasteiger partial charge in [-0.3, -0.25) is 9.59 Å². The van der Waals surface area contributed by atoms with Crippen molar-refractivity contribution in [2.75, 3.05) is 13.4 Å². The number of carbonyl (C=O) groups excluding carboxylic acids is 2. The number of amides is 1. The molecule has 2 heterocycles. The van der Waals surface area contributed by atoms with Crippen LogP contribution in [0.4, 0.5) is 0 Å². The summed E-state index contributed by atoms with van der Waals surface area (Å²) in [6, 6.07) is 11.0. The maximum absolute atomic E-state index is 12.7. The van der Waals surface area contributed by atoms with Crippen molar-refractivity contribution in [3.05, 3.63) is 52.3 Å². The van der Waals surface area contributed by atoms with Crippen LogP contribution < -0.4 is 14.3 Å². The molecule has 2 aromatic carbocycles. The average molecular weight is 412 g/mol. The van der Waals surface area contributed by atoms with Crippen molar-refractivity contribution in [1.29, 1.82) is 0 Å². The van der Waals surface area contributed by atoms with Crippen molar-refractivity contribution in [1.82, 2.24) is 4.57 Å². The quantitative estimate of drug-likeness (QED) is 0.600. The van der Waals surface area contributed by atoms with Crippen LogP contribution in [0.2, 0.25) is 0 Å². The monoisotopic (exact) mass is 412 g/mol. The molecule has 0 spiro atoms. The van der Waals surface area contributed by atoms with E-state index in [0.29, 0.717) is 35.0 Å². The Kier molecular flexibility index (Phi) is 5.35. The Bertz CT molecular complexity index is 1160. The molecule has 0 radical (unpaired) electrons. The highest BCUT2D eigenvalue weighted by Gasteiger charge is 2.18. The zero-order chi connectivity index (χ0) is 20.4. The molecule has 4 rings (SSSR count). The maximum Gasteiger partial charge on any atom is 0.307 e. The third kappa shape index (κ3) is 4.02. The van der Waals surface area contributed by atoms with Crippen LogP contribution in [-0.4, -0.2) is 29.8 Å². The van der Waals surface area contributed by atoms with Gasteiger partial charge in [-0.2, -0.15) is 4.99 Å². The predicted octanol–water partition coefficient (Wildman–Crippen LogP) is 3.43. The summed E-state index contributed by atoms with van der Waals surface area (Å²) in [5.74, 6) is 0.672. The highest BCUT2D eigenvalue weighted by Crippen LogP contribution is 2.37. The van der Waals surface area contributed by atoms with Crippen LogP contribution in [0, 0.1) is 6.92 Å². The summed E-state index contributed by atoms with van der Waals surface area (Å²) < 4.78 is 18.7. The van der Waals surface area contributed by atoms with Gasteiger partial charge in [0.1, 0.15) is 0 Å². The second-order valence-electron chi connectivity index (χ2n) is 6.55.